The van der Waals surface area contributed by atoms with Crippen LogP contribution in [0.2, 0.25) is 0 Å². The molecule has 0 bridgehead atoms. The van der Waals surface area contributed by atoms with E-state index in [-0.39, 0.29) is 17.5 Å². The quantitative estimate of drug-likeness (QED) is 0.759. The van der Waals surface area contributed by atoms with Gasteiger partial charge >= 0.3 is 0 Å². The molecule has 4 rings (SSSR count). The molecular formula is C22H21N5O. The van der Waals surface area contributed by atoms with Crippen LogP contribution in [-0.4, -0.2) is 32.9 Å². The molecule has 0 aliphatic carbocycles. The Morgan fingerprint density at radius 1 is 1.32 bits per heavy atom. The number of pyridine rings is 3. The Morgan fingerprint density at radius 3 is 2.96 bits per heavy atom. The molecule has 0 atom stereocenters. The van der Waals surface area contributed by atoms with Gasteiger partial charge in [0.2, 0.25) is 0 Å². The number of aromatic nitrogens is 3. The number of nitriles is 1. The van der Waals surface area contributed by atoms with Crippen LogP contribution in [0.3, 0.4) is 0 Å². The van der Waals surface area contributed by atoms with Gasteiger partial charge in [0.1, 0.15) is 6.07 Å². The fourth-order valence-corrected chi connectivity index (χ4v) is 3.38. The van der Waals surface area contributed by atoms with Crippen molar-refractivity contribution >= 4 is 16.6 Å². The Bertz CT molecular complexity index is 1240. The van der Waals surface area contributed by atoms with Crippen LogP contribution >= 0.6 is 0 Å². The Hall–Kier alpha value is -3.30. The average molecular weight is 374 g/mol. The van der Waals surface area contributed by atoms with E-state index in [0.717, 1.165) is 30.8 Å². The summed E-state index contributed by atoms with van der Waals surface area (Å²) in [5, 5.41) is 8.89. The van der Waals surface area contributed by atoms with Crippen LogP contribution in [0.4, 0.5) is 0 Å². The predicted octanol–water partition coefficient (Wildman–Crippen LogP) is 3.04. The van der Waals surface area contributed by atoms with Crippen LogP contribution in [0, 0.1) is 11.3 Å². The molecular weight excluding hydrogens is 350 g/mol. The number of nitrogens with one attached hydrogen (secondary N) is 1. The number of fused-ring (bicyclic) bond motifs is 1. The third-order valence-corrected chi connectivity index (χ3v) is 4.94. The molecule has 0 saturated carbocycles. The summed E-state index contributed by atoms with van der Waals surface area (Å²) in [6.07, 6.45) is 6.08. The lowest BCUT2D eigenvalue weighted by Gasteiger charge is -2.26. The van der Waals surface area contributed by atoms with E-state index in [0.29, 0.717) is 23.1 Å². The molecule has 1 aliphatic rings. The highest BCUT2D eigenvalue weighted by Crippen LogP contribution is 2.22. The van der Waals surface area contributed by atoms with Gasteiger partial charge in [-0.15, -0.1) is 0 Å². The zero-order valence-electron chi connectivity index (χ0n) is 18.3. The van der Waals surface area contributed by atoms with Gasteiger partial charge in [0.05, 0.1) is 22.3 Å². The van der Waals surface area contributed by atoms with E-state index < -0.39 is 6.85 Å². The molecule has 0 aromatic carbocycles. The highest BCUT2D eigenvalue weighted by atomic mass is 16.1. The lowest BCUT2D eigenvalue weighted by Crippen LogP contribution is -2.28. The van der Waals surface area contributed by atoms with Crippen molar-refractivity contribution in [3.8, 4) is 6.07 Å². The van der Waals surface area contributed by atoms with E-state index in [2.05, 4.69) is 32.0 Å². The number of aromatic amines is 1. The molecule has 0 radical (unpaired) electrons. The Balaban J connectivity index is 1.46. The summed E-state index contributed by atoms with van der Waals surface area (Å²) in [5.41, 5.74) is 4.61. The van der Waals surface area contributed by atoms with E-state index in [1.165, 1.54) is 5.57 Å². The van der Waals surface area contributed by atoms with Crippen LogP contribution in [0.25, 0.3) is 16.6 Å². The first kappa shape index (κ1) is 14.7. The van der Waals surface area contributed by atoms with Crippen molar-refractivity contribution < 1.29 is 4.11 Å². The number of rotatable bonds is 4. The van der Waals surface area contributed by atoms with Gasteiger partial charge in [-0.25, -0.2) is 0 Å². The highest BCUT2D eigenvalue weighted by Gasteiger charge is 2.15. The van der Waals surface area contributed by atoms with E-state index in [4.69, 9.17) is 9.37 Å². The van der Waals surface area contributed by atoms with Crippen molar-refractivity contribution in [1.82, 2.24) is 19.9 Å². The van der Waals surface area contributed by atoms with Gasteiger partial charge in [-0.1, -0.05) is 12.9 Å². The molecule has 140 valence electrons. The normalized spacial score (nSPS) is 16.7. The summed E-state index contributed by atoms with van der Waals surface area (Å²) in [4.78, 5) is 26.1. The van der Waals surface area contributed by atoms with Crippen LogP contribution in [0.5, 0.6) is 0 Å². The van der Waals surface area contributed by atoms with Gasteiger partial charge in [0.15, 0.2) is 0 Å². The molecule has 3 aromatic rings. The zero-order chi connectivity index (χ0) is 22.0. The predicted molar refractivity (Wildman–Crippen MR) is 109 cm³/mol. The summed E-state index contributed by atoms with van der Waals surface area (Å²) < 4.78 is 22.1. The SMILES string of the molecule is [2H]C([2H])([2H])Cc1cc2ncc(CN3CC=C(c4ccc(C#N)cn4)CC3)cc2[nH]c1=O. The molecule has 28 heavy (non-hydrogen) atoms. The number of H-pyrrole nitrogens is 1. The van der Waals surface area contributed by atoms with Crippen molar-refractivity contribution in [3.63, 3.8) is 0 Å². The minimum absolute atomic E-state index is 0.220. The molecule has 1 aliphatic heterocycles. The minimum Gasteiger partial charge on any atom is -0.320 e. The third kappa shape index (κ3) is 3.71. The Kier molecular flexibility index (Phi) is 4.07. The fourth-order valence-electron chi connectivity index (χ4n) is 3.38. The lowest BCUT2D eigenvalue weighted by atomic mass is 10.0. The number of hydrogen-bond donors (Lipinski definition) is 1. The Morgan fingerprint density at radius 2 is 2.25 bits per heavy atom. The molecule has 1 N–H and O–H groups in total. The van der Waals surface area contributed by atoms with Gasteiger partial charge < -0.3 is 4.98 Å². The van der Waals surface area contributed by atoms with Crippen LogP contribution < -0.4 is 5.56 Å². The molecule has 4 heterocycles. The molecule has 6 heteroatoms. The molecule has 3 aromatic heterocycles. The smallest absolute Gasteiger partial charge is 0.251 e. The van der Waals surface area contributed by atoms with Gasteiger partial charge in [-0.2, -0.15) is 5.26 Å². The van der Waals surface area contributed by atoms with Crippen LogP contribution in [0.1, 0.15) is 39.8 Å². The summed E-state index contributed by atoms with van der Waals surface area (Å²) >= 11 is 0. The number of nitrogens with zero attached hydrogens (tertiary/aromatic N) is 4. The molecule has 0 unspecified atom stereocenters. The maximum absolute atomic E-state index is 12.2. The van der Waals surface area contributed by atoms with Crippen molar-refractivity contribution in [1.29, 1.82) is 5.26 Å². The Labute approximate surface area is 167 Å². The van der Waals surface area contributed by atoms with Crippen molar-refractivity contribution in [2.75, 3.05) is 13.1 Å². The maximum Gasteiger partial charge on any atom is 0.251 e. The van der Waals surface area contributed by atoms with Crippen molar-refractivity contribution in [2.24, 2.45) is 0 Å². The maximum atomic E-state index is 12.2. The molecule has 0 amide bonds. The van der Waals surface area contributed by atoms with Gasteiger partial charge in [-0.3, -0.25) is 19.7 Å². The second-order valence-corrected chi connectivity index (χ2v) is 6.84. The molecule has 0 saturated heterocycles. The second kappa shape index (κ2) is 7.75. The van der Waals surface area contributed by atoms with Crippen LogP contribution in [-0.2, 0) is 13.0 Å². The van der Waals surface area contributed by atoms with Crippen molar-refractivity contribution in [3.05, 3.63) is 75.5 Å². The lowest BCUT2D eigenvalue weighted by molar-refractivity contribution is 0.293. The number of hydrogen-bond acceptors (Lipinski definition) is 5. The largest absolute Gasteiger partial charge is 0.320 e. The highest BCUT2D eigenvalue weighted by molar-refractivity contribution is 5.74. The first-order chi connectivity index (χ1) is 14.8. The van der Waals surface area contributed by atoms with Gasteiger partial charge in [-0.05, 0) is 48.2 Å². The summed E-state index contributed by atoms with van der Waals surface area (Å²) in [6.45, 7) is 0.115. The van der Waals surface area contributed by atoms with E-state index in [1.807, 2.05) is 12.1 Å². The second-order valence-electron chi connectivity index (χ2n) is 6.84. The topological polar surface area (TPSA) is 85.7 Å². The minimum atomic E-state index is -2.20. The third-order valence-electron chi connectivity index (χ3n) is 4.94. The summed E-state index contributed by atoms with van der Waals surface area (Å²) in [7, 11) is 0. The molecule has 0 fully saturated rings. The van der Waals surface area contributed by atoms with Crippen molar-refractivity contribution in [2.45, 2.75) is 26.2 Å². The standard InChI is InChI=1S/C22H21N5O/c1-2-17-10-20-21(26-22(17)28)9-16(13-25-20)14-27-7-5-18(6-8-27)19-4-3-15(11-23)12-24-19/h3-5,9-10,12-13H,2,6-8,14H2,1H3,(H,26,28)/i1D3. The van der Waals surface area contributed by atoms with Crippen LogP contribution in [0.15, 0.2) is 47.5 Å². The van der Waals surface area contributed by atoms with E-state index in [9.17, 15) is 4.79 Å². The number of aryl methyl sites for hydroxylation is 1. The fraction of sp³-hybridized carbons (Fsp3) is 0.273. The monoisotopic (exact) mass is 374 g/mol. The molecule has 0 spiro atoms. The van der Waals surface area contributed by atoms with Gasteiger partial charge in [0, 0.05) is 41.7 Å². The van der Waals surface area contributed by atoms with E-state index in [1.54, 1.807) is 24.5 Å². The first-order valence-corrected chi connectivity index (χ1v) is 9.09. The van der Waals surface area contributed by atoms with Gasteiger partial charge in [0.25, 0.3) is 5.56 Å². The zero-order valence-corrected chi connectivity index (χ0v) is 15.3. The molecule has 6 nitrogen and oxygen atoms in total. The summed E-state index contributed by atoms with van der Waals surface area (Å²) in [6, 6.07) is 9.19. The first-order valence-electron chi connectivity index (χ1n) is 10.6. The summed E-state index contributed by atoms with van der Waals surface area (Å²) in [5.74, 6) is 0. The van der Waals surface area contributed by atoms with E-state index >= 15 is 0 Å². The average Bonchev–Trinajstić information content (AvgIpc) is 2.74.